The molecule has 0 aliphatic heterocycles. The lowest BCUT2D eigenvalue weighted by Gasteiger charge is -2.03. The van der Waals surface area contributed by atoms with Gasteiger partial charge in [-0.05, 0) is 23.6 Å². The number of nitriles is 1. The molecule has 0 aliphatic rings. The van der Waals surface area contributed by atoms with Crippen molar-refractivity contribution in [3.8, 4) is 17.9 Å². The van der Waals surface area contributed by atoms with Crippen LogP contribution in [0.15, 0.2) is 27.8 Å². The van der Waals surface area contributed by atoms with Gasteiger partial charge in [-0.15, -0.1) is 22.7 Å². The van der Waals surface area contributed by atoms with Gasteiger partial charge in [0.15, 0.2) is 0 Å². The van der Waals surface area contributed by atoms with E-state index in [0.29, 0.717) is 4.88 Å². The molecule has 21 heavy (non-hydrogen) atoms. The van der Waals surface area contributed by atoms with Crippen LogP contribution in [0.4, 0.5) is 0 Å². The van der Waals surface area contributed by atoms with Crippen molar-refractivity contribution in [3.63, 3.8) is 0 Å². The van der Waals surface area contributed by atoms with E-state index >= 15 is 0 Å². The fraction of sp³-hybridized carbons (Fsp3) is 0.154. The van der Waals surface area contributed by atoms with Gasteiger partial charge in [-0.3, -0.25) is 0 Å². The average Bonchev–Trinajstić information content (AvgIpc) is 3.12. The molecule has 2 aromatic rings. The SMILES string of the molecule is N#Cc1ccc(S(=O)(=O)NCc2sccc2C#CCN)s1. The first-order valence-corrected chi connectivity index (χ1v) is 8.99. The van der Waals surface area contributed by atoms with Crippen molar-refractivity contribution in [2.75, 3.05) is 6.54 Å². The Labute approximate surface area is 131 Å². The highest BCUT2D eigenvalue weighted by molar-refractivity contribution is 7.91. The summed E-state index contributed by atoms with van der Waals surface area (Å²) in [5, 5.41) is 10.6. The molecule has 0 bridgehead atoms. The molecule has 0 aromatic carbocycles. The maximum absolute atomic E-state index is 12.1. The van der Waals surface area contributed by atoms with Gasteiger partial charge in [0.2, 0.25) is 10.0 Å². The van der Waals surface area contributed by atoms with Crippen LogP contribution in [0.1, 0.15) is 15.3 Å². The minimum Gasteiger partial charge on any atom is -0.320 e. The van der Waals surface area contributed by atoms with E-state index in [2.05, 4.69) is 16.6 Å². The lowest BCUT2D eigenvalue weighted by Crippen LogP contribution is -2.22. The van der Waals surface area contributed by atoms with Gasteiger partial charge >= 0.3 is 0 Å². The first-order chi connectivity index (χ1) is 10.1. The average molecular weight is 337 g/mol. The number of nitrogens with two attached hydrogens (primary N) is 1. The van der Waals surface area contributed by atoms with E-state index in [1.165, 1.54) is 23.5 Å². The second kappa shape index (κ2) is 6.85. The van der Waals surface area contributed by atoms with Gasteiger partial charge < -0.3 is 5.73 Å². The number of thiophene rings is 2. The molecular formula is C13H11N3O2S3. The summed E-state index contributed by atoms with van der Waals surface area (Å²) in [7, 11) is -3.61. The van der Waals surface area contributed by atoms with Crippen molar-refractivity contribution in [2.24, 2.45) is 5.73 Å². The van der Waals surface area contributed by atoms with Crippen LogP contribution in [0.25, 0.3) is 0 Å². The molecule has 0 spiro atoms. The number of sulfonamides is 1. The largest absolute Gasteiger partial charge is 0.320 e. The van der Waals surface area contributed by atoms with E-state index in [-0.39, 0.29) is 17.3 Å². The zero-order valence-electron chi connectivity index (χ0n) is 10.8. The molecule has 0 amide bonds. The predicted molar refractivity (Wildman–Crippen MR) is 83.3 cm³/mol. The van der Waals surface area contributed by atoms with Gasteiger partial charge in [-0.2, -0.15) is 5.26 Å². The minimum absolute atomic E-state index is 0.130. The summed E-state index contributed by atoms with van der Waals surface area (Å²) in [6.45, 7) is 0.418. The Morgan fingerprint density at radius 2 is 2.14 bits per heavy atom. The normalized spacial score (nSPS) is 10.7. The number of hydrogen-bond donors (Lipinski definition) is 2. The van der Waals surface area contributed by atoms with Gasteiger partial charge in [0.25, 0.3) is 0 Å². The molecule has 0 atom stereocenters. The fourth-order valence-corrected chi connectivity index (χ4v) is 4.50. The van der Waals surface area contributed by atoms with Crippen molar-refractivity contribution in [1.82, 2.24) is 4.72 Å². The maximum Gasteiger partial charge on any atom is 0.250 e. The lowest BCUT2D eigenvalue weighted by atomic mass is 10.2. The van der Waals surface area contributed by atoms with Crippen LogP contribution >= 0.6 is 22.7 Å². The van der Waals surface area contributed by atoms with Crippen molar-refractivity contribution < 1.29 is 8.42 Å². The summed E-state index contributed by atoms with van der Waals surface area (Å²) in [4.78, 5) is 1.19. The van der Waals surface area contributed by atoms with Gasteiger partial charge in [-0.25, -0.2) is 13.1 Å². The van der Waals surface area contributed by atoms with Crippen LogP contribution in [-0.2, 0) is 16.6 Å². The number of hydrogen-bond acceptors (Lipinski definition) is 6. The highest BCUT2D eigenvalue weighted by atomic mass is 32.2. The number of rotatable bonds is 4. The number of nitrogens with one attached hydrogen (secondary N) is 1. The number of nitrogens with zero attached hydrogens (tertiary/aromatic N) is 1. The Morgan fingerprint density at radius 1 is 1.33 bits per heavy atom. The smallest absolute Gasteiger partial charge is 0.250 e. The first kappa shape index (κ1) is 15.7. The molecule has 0 saturated carbocycles. The Balaban J connectivity index is 2.12. The Kier molecular flexibility index (Phi) is 5.12. The quantitative estimate of drug-likeness (QED) is 0.826. The van der Waals surface area contributed by atoms with Gasteiger partial charge in [0.1, 0.15) is 15.2 Å². The topological polar surface area (TPSA) is 96.0 Å². The Morgan fingerprint density at radius 3 is 2.81 bits per heavy atom. The molecule has 2 heterocycles. The van der Waals surface area contributed by atoms with E-state index in [0.717, 1.165) is 21.8 Å². The van der Waals surface area contributed by atoms with Gasteiger partial charge in [-0.1, -0.05) is 11.8 Å². The highest BCUT2D eigenvalue weighted by Gasteiger charge is 2.17. The van der Waals surface area contributed by atoms with Gasteiger partial charge in [0, 0.05) is 17.0 Å². The predicted octanol–water partition coefficient (Wildman–Crippen LogP) is 1.47. The van der Waals surface area contributed by atoms with Crippen LogP contribution < -0.4 is 10.5 Å². The zero-order valence-corrected chi connectivity index (χ0v) is 13.2. The molecule has 0 saturated heterocycles. The third kappa shape index (κ3) is 3.91. The van der Waals surface area contributed by atoms with Crippen molar-refractivity contribution >= 4 is 32.7 Å². The summed E-state index contributed by atoms with van der Waals surface area (Å²) >= 11 is 2.37. The molecule has 2 aromatic heterocycles. The van der Waals surface area contributed by atoms with Crippen LogP contribution in [-0.4, -0.2) is 15.0 Å². The van der Waals surface area contributed by atoms with Crippen LogP contribution in [0, 0.1) is 23.2 Å². The monoisotopic (exact) mass is 337 g/mol. The fourth-order valence-electron chi connectivity index (χ4n) is 1.49. The van der Waals surface area contributed by atoms with E-state index in [1.807, 2.05) is 17.5 Å². The summed E-state index contributed by atoms with van der Waals surface area (Å²) in [5.41, 5.74) is 6.10. The second-order valence-corrected chi connectivity index (χ2v) is 7.90. The molecule has 0 fully saturated rings. The summed E-state index contributed by atoms with van der Waals surface area (Å²) in [5.74, 6) is 5.65. The first-order valence-electron chi connectivity index (χ1n) is 5.81. The van der Waals surface area contributed by atoms with E-state index in [4.69, 9.17) is 11.0 Å². The third-order valence-corrected chi connectivity index (χ3v) is 6.25. The summed E-state index contributed by atoms with van der Waals surface area (Å²) < 4.78 is 26.9. The molecule has 3 N–H and O–H groups in total. The Bertz CT molecular complexity index is 832. The molecule has 108 valence electrons. The zero-order chi connectivity index (χ0) is 15.3. The van der Waals surface area contributed by atoms with Crippen LogP contribution in [0.2, 0.25) is 0 Å². The van der Waals surface area contributed by atoms with Crippen LogP contribution in [0.5, 0.6) is 0 Å². The molecule has 0 radical (unpaired) electrons. The van der Waals surface area contributed by atoms with Crippen molar-refractivity contribution in [3.05, 3.63) is 38.9 Å². The molecule has 2 rings (SSSR count). The minimum atomic E-state index is -3.61. The maximum atomic E-state index is 12.1. The van der Waals surface area contributed by atoms with E-state index < -0.39 is 10.0 Å². The molecule has 5 nitrogen and oxygen atoms in total. The van der Waals surface area contributed by atoms with Crippen molar-refractivity contribution in [1.29, 1.82) is 5.26 Å². The van der Waals surface area contributed by atoms with E-state index in [9.17, 15) is 8.42 Å². The Hall–Kier alpha value is -1.68. The molecule has 0 aliphatic carbocycles. The molecule has 0 unspecified atom stereocenters. The lowest BCUT2D eigenvalue weighted by molar-refractivity contribution is 0.584. The van der Waals surface area contributed by atoms with Crippen molar-refractivity contribution in [2.45, 2.75) is 10.8 Å². The summed E-state index contributed by atoms with van der Waals surface area (Å²) in [6, 6.07) is 6.66. The highest BCUT2D eigenvalue weighted by Crippen LogP contribution is 2.22. The van der Waals surface area contributed by atoms with E-state index in [1.54, 1.807) is 0 Å². The third-order valence-electron chi connectivity index (χ3n) is 2.45. The molecular weight excluding hydrogens is 326 g/mol. The van der Waals surface area contributed by atoms with Crippen LogP contribution in [0.3, 0.4) is 0 Å². The molecule has 8 heteroatoms. The second-order valence-electron chi connectivity index (χ2n) is 3.82. The summed E-state index contributed by atoms with van der Waals surface area (Å²) in [6.07, 6.45) is 0. The standard InChI is InChI=1S/C13H11N3O2S3/c14-6-1-2-10-5-7-19-12(10)9-16-21(17,18)13-4-3-11(8-15)20-13/h3-5,7,16H,6,9,14H2. The van der Waals surface area contributed by atoms with Gasteiger partial charge in [0.05, 0.1) is 6.54 Å².